The van der Waals surface area contributed by atoms with Crippen molar-refractivity contribution in [3.63, 3.8) is 0 Å². The third-order valence-corrected chi connectivity index (χ3v) is 4.00. The fraction of sp³-hybridized carbons (Fsp3) is 0.727. The highest BCUT2D eigenvalue weighted by atomic mass is 32.2. The van der Waals surface area contributed by atoms with E-state index in [-0.39, 0.29) is 0 Å². The van der Waals surface area contributed by atoms with Crippen LogP contribution in [0.25, 0.3) is 0 Å². The van der Waals surface area contributed by atoms with Crippen molar-refractivity contribution in [2.24, 2.45) is 5.92 Å². The van der Waals surface area contributed by atoms with Crippen LogP contribution >= 0.6 is 23.1 Å². The third kappa shape index (κ3) is 4.53. The second-order valence-corrected chi connectivity index (χ2v) is 5.95. The van der Waals surface area contributed by atoms with Crippen molar-refractivity contribution in [3.05, 3.63) is 16.1 Å². The van der Waals surface area contributed by atoms with E-state index in [1.807, 2.05) is 11.8 Å². The summed E-state index contributed by atoms with van der Waals surface area (Å²) in [5.74, 6) is 1.94. The minimum absolute atomic E-state index is 0.374. The van der Waals surface area contributed by atoms with Crippen LogP contribution in [0.3, 0.4) is 0 Å². The zero-order valence-corrected chi connectivity index (χ0v) is 11.5. The van der Waals surface area contributed by atoms with E-state index in [0.717, 1.165) is 17.5 Å². The Kier molecular flexibility index (Phi) is 5.64. The van der Waals surface area contributed by atoms with Crippen LogP contribution in [0.4, 0.5) is 0 Å². The molecule has 2 unspecified atom stereocenters. The van der Waals surface area contributed by atoms with Crippen molar-refractivity contribution in [3.8, 4) is 0 Å². The Bertz CT molecular complexity index is 286. The van der Waals surface area contributed by atoms with E-state index >= 15 is 0 Å². The van der Waals surface area contributed by atoms with Crippen LogP contribution < -0.4 is 5.32 Å². The number of aryl methyl sites for hydroxylation is 1. The monoisotopic (exact) mass is 244 g/mol. The molecule has 0 aliphatic rings. The highest BCUT2D eigenvalue weighted by molar-refractivity contribution is 7.98. The van der Waals surface area contributed by atoms with Gasteiger partial charge < -0.3 is 5.32 Å². The zero-order chi connectivity index (χ0) is 11.3. The Morgan fingerprint density at radius 3 is 2.80 bits per heavy atom. The van der Waals surface area contributed by atoms with E-state index in [4.69, 9.17) is 0 Å². The van der Waals surface area contributed by atoms with Gasteiger partial charge in [0.05, 0.1) is 10.7 Å². The van der Waals surface area contributed by atoms with Crippen molar-refractivity contribution in [2.75, 3.05) is 18.6 Å². The lowest BCUT2D eigenvalue weighted by Crippen LogP contribution is -2.25. The first-order valence-corrected chi connectivity index (χ1v) is 7.55. The van der Waals surface area contributed by atoms with Crippen molar-refractivity contribution in [1.29, 1.82) is 0 Å². The molecule has 0 aromatic carbocycles. The molecule has 0 bridgehead atoms. The number of rotatable bonds is 6. The molecule has 0 radical (unpaired) electrons. The summed E-state index contributed by atoms with van der Waals surface area (Å²) >= 11 is 3.63. The molecule has 0 aliphatic heterocycles. The predicted octanol–water partition coefficient (Wildman–Crippen LogP) is 3.10. The molecule has 0 fully saturated rings. The number of hydrogen-bond donors (Lipinski definition) is 1. The summed E-state index contributed by atoms with van der Waals surface area (Å²) in [7, 11) is 0. The minimum atomic E-state index is 0.374. The Morgan fingerprint density at radius 2 is 2.27 bits per heavy atom. The molecule has 2 atom stereocenters. The molecule has 1 rings (SSSR count). The van der Waals surface area contributed by atoms with Crippen molar-refractivity contribution >= 4 is 23.1 Å². The molecular formula is C11H20N2S2. The number of thiazole rings is 1. The zero-order valence-electron chi connectivity index (χ0n) is 9.91. The van der Waals surface area contributed by atoms with Gasteiger partial charge in [-0.3, -0.25) is 0 Å². The average Bonchev–Trinajstić information content (AvgIpc) is 2.62. The van der Waals surface area contributed by atoms with Gasteiger partial charge in [0.25, 0.3) is 0 Å². The van der Waals surface area contributed by atoms with E-state index < -0.39 is 0 Å². The van der Waals surface area contributed by atoms with Crippen LogP contribution in [-0.4, -0.2) is 23.5 Å². The number of hydrogen-bond acceptors (Lipinski definition) is 4. The van der Waals surface area contributed by atoms with Crippen molar-refractivity contribution in [2.45, 2.75) is 26.8 Å². The molecule has 2 nitrogen and oxygen atoms in total. The number of aromatic nitrogens is 1. The quantitative estimate of drug-likeness (QED) is 0.832. The first-order chi connectivity index (χ1) is 7.13. The van der Waals surface area contributed by atoms with Crippen molar-refractivity contribution in [1.82, 2.24) is 10.3 Å². The largest absolute Gasteiger partial charge is 0.309 e. The molecule has 86 valence electrons. The Morgan fingerprint density at radius 1 is 1.53 bits per heavy atom. The van der Waals surface area contributed by atoms with Gasteiger partial charge in [0, 0.05) is 11.4 Å². The van der Waals surface area contributed by atoms with Crippen LogP contribution in [0.5, 0.6) is 0 Å². The van der Waals surface area contributed by atoms with Gasteiger partial charge in [-0.25, -0.2) is 4.98 Å². The maximum Gasteiger partial charge on any atom is 0.0898 e. The summed E-state index contributed by atoms with van der Waals surface area (Å²) in [6, 6.07) is 0.374. The predicted molar refractivity (Wildman–Crippen MR) is 70.8 cm³/mol. The summed E-state index contributed by atoms with van der Waals surface area (Å²) < 4.78 is 0. The Labute approximate surface area is 101 Å². The maximum absolute atomic E-state index is 4.49. The molecule has 0 amide bonds. The Balaban J connectivity index is 2.33. The van der Waals surface area contributed by atoms with Gasteiger partial charge in [0.2, 0.25) is 0 Å². The molecule has 1 heterocycles. The molecule has 4 heteroatoms. The molecular weight excluding hydrogens is 224 g/mol. The number of thioether (sulfide) groups is 1. The van der Waals surface area contributed by atoms with E-state index in [1.54, 1.807) is 11.3 Å². The first kappa shape index (κ1) is 13.0. The van der Waals surface area contributed by atoms with Gasteiger partial charge in [-0.15, -0.1) is 11.3 Å². The molecule has 1 N–H and O–H groups in total. The first-order valence-electron chi connectivity index (χ1n) is 5.27. The highest BCUT2D eigenvalue weighted by Crippen LogP contribution is 2.16. The van der Waals surface area contributed by atoms with Gasteiger partial charge in [0.15, 0.2) is 0 Å². The number of nitrogens with zero attached hydrogens (tertiary/aromatic N) is 1. The second-order valence-electron chi connectivity index (χ2n) is 3.98. The lowest BCUT2D eigenvalue weighted by atomic mass is 10.2. The maximum atomic E-state index is 4.49. The van der Waals surface area contributed by atoms with Crippen LogP contribution in [0.1, 0.15) is 30.6 Å². The smallest absolute Gasteiger partial charge is 0.0898 e. The molecule has 15 heavy (non-hydrogen) atoms. The number of nitrogens with one attached hydrogen (secondary N) is 1. The van der Waals surface area contributed by atoms with E-state index in [9.17, 15) is 0 Å². The van der Waals surface area contributed by atoms with Gasteiger partial charge in [0.1, 0.15) is 0 Å². The summed E-state index contributed by atoms with van der Waals surface area (Å²) in [5, 5.41) is 6.82. The van der Waals surface area contributed by atoms with E-state index in [0.29, 0.717) is 6.04 Å². The molecule has 1 aromatic heterocycles. The van der Waals surface area contributed by atoms with E-state index in [2.05, 4.69) is 42.7 Å². The normalized spacial score (nSPS) is 15.2. The van der Waals surface area contributed by atoms with E-state index in [1.165, 1.54) is 11.4 Å². The molecule has 0 aliphatic carbocycles. The van der Waals surface area contributed by atoms with Crippen LogP contribution in [0.2, 0.25) is 0 Å². The van der Waals surface area contributed by atoms with Crippen molar-refractivity contribution < 1.29 is 0 Å². The molecule has 0 saturated heterocycles. The molecule has 0 spiro atoms. The van der Waals surface area contributed by atoms with Gasteiger partial charge >= 0.3 is 0 Å². The third-order valence-electron chi connectivity index (χ3n) is 2.30. The van der Waals surface area contributed by atoms with Gasteiger partial charge in [-0.05, 0) is 38.3 Å². The SMILES string of the molecule is CSCC(C)CNC(C)c1csc(C)n1. The molecule has 1 aromatic rings. The lowest BCUT2D eigenvalue weighted by molar-refractivity contribution is 0.495. The van der Waals surface area contributed by atoms with Gasteiger partial charge in [-0.2, -0.15) is 11.8 Å². The summed E-state index contributed by atoms with van der Waals surface area (Å²) in [6.07, 6.45) is 2.16. The second kappa shape index (κ2) is 6.51. The Hall–Kier alpha value is -0.0600. The average molecular weight is 244 g/mol. The fourth-order valence-electron chi connectivity index (χ4n) is 1.41. The molecule has 0 saturated carbocycles. The summed E-state index contributed by atoms with van der Waals surface area (Å²) in [4.78, 5) is 4.49. The highest BCUT2D eigenvalue weighted by Gasteiger charge is 2.09. The summed E-state index contributed by atoms with van der Waals surface area (Å²) in [5.41, 5.74) is 1.17. The fourth-order valence-corrected chi connectivity index (χ4v) is 2.80. The topological polar surface area (TPSA) is 24.9 Å². The van der Waals surface area contributed by atoms with Crippen LogP contribution in [-0.2, 0) is 0 Å². The van der Waals surface area contributed by atoms with Crippen LogP contribution in [0.15, 0.2) is 5.38 Å². The lowest BCUT2D eigenvalue weighted by Gasteiger charge is -2.15. The standard InChI is InChI=1S/C11H20N2S2/c1-8(6-14-4)5-12-9(2)11-7-15-10(3)13-11/h7-9,12H,5-6H2,1-4H3. The van der Waals surface area contributed by atoms with Gasteiger partial charge in [-0.1, -0.05) is 6.92 Å². The minimum Gasteiger partial charge on any atom is -0.309 e. The van der Waals surface area contributed by atoms with Crippen LogP contribution in [0, 0.1) is 12.8 Å². The summed E-state index contributed by atoms with van der Waals surface area (Å²) in [6.45, 7) is 7.58.